The van der Waals surface area contributed by atoms with Crippen LogP contribution in [0.1, 0.15) is 413 Å². The molecular weight excluding hydrogens is 891 g/mol. The Balaban J connectivity index is 4.08. The SMILES string of the molecule is CCCCCCCCCCCCc1ccccc1C[N+](C(CCCCCCCC)CCCCCCCCC)(C(CCCCCCCC)CCCCCCCCC)C(CCCCCCCC)CCCCCCCCC. The molecule has 0 aliphatic heterocycles. The van der Waals surface area contributed by atoms with Gasteiger partial charge in [-0.05, 0) is 95.5 Å². The van der Waals surface area contributed by atoms with Crippen LogP contribution in [0.2, 0.25) is 0 Å². The normalized spacial score (nSPS) is 13.9. The minimum atomic E-state index is 0.798. The van der Waals surface area contributed by atoms with Crippen LogP contribution in [0.5, 0.6) is 0 Å². The van der Waals surface area contributed by atoms with E-state index in [1.54, 1.807) is 11.1 Å². The van der Waals surface area contributed by atoms with Gasteiger partial charge in [0.1, 0.15) is 6.54 Å². The van der Waals surface area contributed by atoms with Crippen molar-refractivity contribution in [3.63, 3.8) is 0 Å². The molecule has 0 N–H and O–H groups in total. The molecule has 1 aromatic rings. The van der Waals surface area contributed by atoms with Crippen molar-refractivity contribution in [3.8, 4) is 0 Å². The number of nitrogens with zero attached hydrogens (tertiary/aromatic N) is 1. The van der Waals surface area contributed by atoms with Crippen molar-refractivity contribution >= 4 is 0 Å². The van der Waals surface area contributed by atoms with Gasteiger partial charge in [0.15, 0.2) is 0 Å². The molecule has 0 aliphatic carbocycles. The van der Waals surface area contributed by atoms with Gasteiger partial charge in [-0.15, -0.1) is 0 Å². The molecule has 0 heterocycles. The molecule has 74 heavy (non-hydrogen) atoms. The monoisotopic (exact) mass is 1030 g/mol. The summed E-state index contributed by atoms with van der Waals surface area (Å²) in [5.74, 6) is 0. The van der Waals surface area contributed by atoms with E-state index in [4.69, 9.17) is 0 Å². The second-order valence-corrected chi connectivity index (χ2v) is 25.2. The molecule has 0 radical (unpaired) electrons. The molecule has 0 aliphatic rings. The predicted octanol–water partition coefficient (Wildman–Crippen LogP) is 26.2. The molecule has 0 bridgehead atoms. The Bertz CT molecular complexity index is 1120. The lowest BCUT2D eigenvalue weighted by Gasteiger charge is -2.56. The average Bonchev–Trinajstić information content (AvgIpc) is 3.41. The summed E-state index contributed by atoms with van der Waals surface area (Å²) in [5, 5.41) is 0. The number of hydrogen-bond acceptors (Lipinski definition) is 0. The fourth-order valence-electron chi connectivity index (χ4n) is 13.7. The summed E-state index contributed by atoms with van der Waals surface area (Å²) in [6.45, 7) is 18.1. The minimum Gasteiger partial charge on any atom is -0.313 e. The van der Waals surface area contributed by atoms with E-state index in [9.17, 15) is 0 Å². The zero-order valence-corrected chi connectivity index (χ0v) is 52.8. The highest BCUT2D eigenvalue weighted by Crippen LogP contribution is 2.43. The van der Waals surface area contributed by atoms with E-state index in [0.29, 0.717) is 0 Å². The van der Waals surface area contributed by atoms with Crippen LogP contribution in [0.25, 0.3) is 0 Å². The van der Waals surface area contributed by atoms with E-state index in [-0.39, 0.29) is 0 Å². The molecule has 3 unspecified atom stereocenters. The Morgan fingerprint density at radius 1 is 0.230 bits per heavy atom. The predicted molar refractivity (Wildman–Crippen MR) is 339 cm³/mol. The number of benzene rings is 1. The topological polar surface area (TPSA) is 0 Å². The average molecular weight is 1030 g/mol. The first-order chi connectivity index (χ1) is 36.6. The van der Waals surface area contributed by atoms with E-state index in [0.717, 1.165) is 18.1 Å². The van der Waals surface area contributed by atoms with Crippen LogP contribution in [-0.4, -0.2) is 22.6 Å². The van der Waals surface area contributed by atoms with Gasteiger partial charge in [0.05, 0.1) is 18.1 Å². The Morgan fingerprint density at radius 3 is 0.649 bits per heavy atom. The summed E-state index contributed by atoms with van der Waals surface area (Å²) in [6, 6.07) is 12.7. The lowest BCUT2D eigenvalue weighted by Crippen LogP contribution is -2.66. The maximum absolute atomic E-state index is 2.71. The molecule has 0 saturated carbocycles. The Hall–Kier alpha value is -0.820. The maximum Gasteiger partial charge on any atom is 0.105 e. The van der Waals surface area contributed by atoms with Gasteiger partial charge < -0.3 is 4.48 Å². The van der Waals surface area contributed by atoms with Crippen LogP contribution in [-0.2, 0) is 13.0 Å². The summed E-state index contributed by atoms with van der Waals surface area (Å²) in [6.07, 6.45) is 80.6. The molecule has 0 saturated heterocycles. The highest BCUT2D eigenvalue weighted by molar-refractivity contribution is 5.26. The van der Waals surface area contributed by atoms with E-state index >= 15 is 0 Å². The number of rotatable bonds is 61. The quantitative estimate of drug-likeness (QED) is 0.0451. The molecule has 1 heteroatoms. The molecule has 0 fully saturated rings. The Kier molecular flexibility index (Phi) is 53.4. The van der Waals surface area contributed by atoms with Crippen LogP contribution in [0, 0.1) is 0 Å². The summed E-state index contributed by atoms with van der Waals surface area (Å²) in [5.41, 5.74) is 3.53. The van der Waals surface area contributed by atoms with Crippen LogP contribution in [0.4, 0.5) is 0 Å². The van der Waals surface area contributed by atoms with Gasteiger partial charge in [-0.3, -0.25) is 0 Å². The summed E-state index contributed by atoms with van der Waals surface area (Å²) in [4.78, 5) is 0. The van der Waals surface area contributed by atoms with Gasteiger partial charge in [0.2, 0.25) is 0 Å². The molecule has 1 nitrogen and oxygen atoms in total. The second kappa shape index (κ2) is 55.5. The standard InChI is InChI=1S/C73H142N/c1-8-15-22-29-36-37-38-42-43-50-59-69-60-57-58-61-70(69)68-74(71(62-51-44-33-26-19-12-5)65-54-47-39-30-23-16-9-2,72(63-52-45-34-27-20-13-6)66-55-48-40-31-24-17-10-3)73(64-53-46-35-28-21-14-7)67-56-49-41-32-25-18-11-4/h57-58,60-61,71-73H,8-56,59,62-68H2,1-7H3/q+1. The van der Waals surface area contributed by atoms with Crippen molar-refractivity contribution in [2.24, 2.45) is 0 Å². The van der Waals surface area contributed by atoms with Crippen molar-refractivity contribution in [1.29, 1.82) is 0 Å². The second-order valence-electron chi connectivity index (χ2n) is 25.2. The lowest BCUT2D eigenvalue weighted by molar-refractivity contribution is -1.01. The van der Waals surface area contributed by atoms with Crippen LogP contribution >= 0.6 is 0 Å². The molecule has 438 valence electrons. The molecule has 1 aromatic carbocycles. The zero-order valence-electron chi connectivity index (χ0n) is 52.8. The third-order valence-electron chi connectivity index (χ3n) is 18.5. The first-order valence-electron chi connectivity index (χ1n) is 35.5. The number of aryl methyl sites for hydroxylation is 1. The first kappa shape index (κ1) is 71.2. The lowest BCUT2D eigenvalue weighted by atomic mass is 9.83. The molecule has 3 atom stereocenters. The highest BCUT2D eigenvalue weighted by atomic mass is 15.4. The number of unbranched alkanes of at least 4 members (excludes halogenated alkanes) is 42. The van der Waals surface area contributed by atoms with Gasteiger partial charge in [-0.2, -0.15) is 0 Å². The Morgan fingerprint density at radius 2 is 0.419 bits per heavy atom. The van der Waals surface area contributed by atoms with Crippen molar-refractivity contribution < 1.29 is 4.48 Å². The summed E-state index contributed by atoms with van der Waals surface area (Å²) < 4.78 is 1.48. The zero-order chi connectivity index (χ0) is 53.5. The third kappa shape index (κ3) is 37.9. The number of quaternary nitrogens is 1. The molecule has 0 spiro atoms. The molecular formula is C73H142N+. The van der Waals surface area contributed by atoms with Crippen LogP contribution in [0.15, 0.2) is 24.3 Å². The smallest absolute Gasteiger partial charge is 0.105 e. The van der Waals surface area contributed by atoms with Gasteiger partial charge in [-0.25, -0.2) is 0 Å². The van der Waals surface area contributed by atoms with Crippen molar-refractivity contribution in [1.82, 2.24) is 0 Å². The minimum absolute atomic E-state index is 0.798. The van der Waals surface area contributed by atoms with E-state index in [1.807, 2.05) is 0 Å². The fourth-order valence-corrected chi connectivity index (χ4v) is 13.7. The molecule has 0 amide bonds. The van der Waals surface area contributed by atoms with Crippen molar-refractivity contribution in [2.75, 3.05) is 0 Å². The largest absolute Gasteiger partial charge is 0.313 e. The highest BCUT2D eigenvalue weighted by Gasteiger charge is 2.48. The molecule has 0 aromatic heterocycles. The fraction of sp³-hybridized carbons (Fsp3) is 0.918. The van der Waals surface area contributed by atoms with Gasteiger partial charge >= 0.3 is 0 Å². The van der Waals surface area contributed by atoms with E-state index in [2.05, 4.69) is 72.7 Å². The van der Waals surface area contributed by atoms with Gasteiger partial charge in [0, 0.05) is 5.56 Å². The van der Waals surface area contributed by atoms with Gasteiger partial charge in [0.25, 0.3) is 0 Å². The van der Waals surface area contributed by atoms with Crippen molar-refractivity contribution in [2.45, 2.75) is 433 Å². The van der Waals surface area contributed by atoms with Crippen LogP contribution < -0.4 is 0 Å². The molecule has 1 rings (SSSR count). The summed E-state index contributed by atoms with van der Waals surface area (Å²) in [7, 11) is 0. The Labute approximate surface area is 470 Å². The van der Waals surface area contributed by atoms with E-state index in [1.165, 1.54) is 371 Å². The van der Waals surface area contributed by atoms with E-state index < -0.39 is 0 Å². The van der Waals surface area contributed by atoms with Crippen LogP contribution in [0.3, 0.4) is 0 Å². The maximum atomic E-state index is 2.71. The van der Waals surface area contributed by atoms with Crippen molar-refractivity contribution in [3.05, 3.63) is 35.4 Å². The number of hydrogen-bond donors (Lipinski definition) is 0. The first-order valence-corrected chi connectivity index (χ1v) is 35.5. The third-order valence-corrected chi connectivity index (χ3v) is 18.5. The summed E-state index contributed by atoms with van der Waals surface area (Å²) >= 11 is 0. The van der Waals surface area contributed by atoms with Gasteiger partial charge in [-0.1, -0.05) is 342 Å².